The Hall–Kier alpha value is -2.72. The van der Waals surface area contributed by atoms with Crippen LogP contribution in [-0.2, 0) is 17.8 Å². The number of thioether (sulfide) groups is 1. The number of rotatable bonds is 10. The number of carbonyl (C=O) groups is 1. The molecule has 0 spiro atoms. The van der Waals surface area contributed by atoms with Crippen LogP contribution in [-0.4, -0.2) is 36.6 Å². The van der Waals surface area contributed by atoms with Crippen LogP contribution in [0.3, 0.4) is 0 Å². The van der Waals surface area contributed by atoms with Crippen molar-refractivity contribution in [2.75, 3.05) is 11.1 Å². The monoisotopic (exact) mass is 444 g/mol. The lowest BCUT2D eigenvalue weighted by Crippen LogP contribution is -2.15. The number of aryl methyl sites for hydroxylation is 2. The van der Waals surface area contributed by atoms with E-state index < -0.39 is 0 Å². The number of nitrogens with one attached hydrogen (secondary N) is 1. The van der Waals surface area contributed by atoms with Crippen LogP contribution in [0.25, 0.3) is 0 Å². The standard InChI is InChI=1S/C20H24N6O2S2/c1-5-10-26-18(14(4)28-15-9-7-8-13(3)11-15)23-25-20(26)29-12-16(27)21-19-24-22-17(6-2)30-19/h5,7-9,11,14H,1,6,10,12H2,2-4H3,(H,21,24,27). The van der Waals surface area contributed by atoms with Gasteiger partial charge in [0.05, 0.1) is 5.75 Å². The summed E-state index contributed by atoms with van der Waals surface area (Å²) in [6.07, 6.45) is 2.25. The fourth-order valence-electron chi connectivity index (χ4n) is 2.69. The van der Waals surface area contributed by atoms with Gasteiger partial charge in [-0.2, -0.15) is 0 Å². The van der Waals surface area contributed by atoms with E-state index in [0.29, 0.717) is 22.7 Å². The van der Waals surface area contributed by atoms with Gasteiger partial charge in [0.2, 0.25) is 11.0 Å². The number of nitrogens with zero attached hydrogens (tertiary/aromatic N) is 5. The molecule has 0 saturated heterocycles. The Bertz CT molecular complexity index is 1020. The minimum Gasteiger partial charge on any atom is -0.483 e. The SMILES string of the molecule is C=CCn1c(SCC(=O)Nc2nnc(CC)s2)nnc1C(C)Oc1cccc(C)c1. The molecule has 0 saturated carbocycles. The Morgan fingerprint density at radius 1 is 1.37 bits per heavy atom. The number of anilines is 1. The highest BCUT2D eigenvalue weighted by atomic mass is 32.2. The molecule has 0 radical (unpaired) electrons. The van der Waals surface area contributed by atoms with Gasteiger partial charge in [-0.3, -0.25) is 14.7 Å². The minimum absolute atomic E-state index is 0.169. The first-order valence-corrected chi connectivity index (χ1v) is 11.3. The first-order chi connectivity index (χ1) is 14.5. The molecule has 3 aromatic rings. The van der Waals surface area contributed by atoms with E-state index in [-0.39, 0.29) is 17.8 Å². The van der Waals surface area contributed by atoms with Crippen LogP contribution >= 0.6 is 23.1 Å². The van der Waals surface area contributed by atoms with Gasteiger partial charge in [0, 0.05) is 6.54 Å². The molecule has 30 heavy (non-hydrogen) atoms. The number of ether oxygens (including phenoxy) is 1. The normalized spacial score (nSPS) is 11.8. The number of aromatic nitrogens is 5. The summed E-state index contributed by atoms with van der Waals surface area (Å²) in [5, 5.41) is 21.3. The quantitative estimate of drug-likeness (QED) is 0.372. The van der Waals surface area contributed by atoms with E-state index in [1.54, 1.807) is 6.08 Å². The third kappa shape index (κ3) is 5.67. The van der Waals surface area contributed by atoms with Crippen LogP contribution in [0, 0.1) is 6.92 Å². The second-order valence-corrected chi connectivity index (χ2v) is 8.51. The Balaban J connectivity index is 1.65. The predicted octanol–water partition coefficient (Wildman–Crippen LogP) is 4.06. The number of benzene rings is 1. The first-order valence-electron chi connectivity index (χ1n) is 9.52. The van der Waals surface area contributed by atoms with Crippen LogP contribution in [0.15, 0.2) is 42.1 Å². The summed E-state index contributed by atoms with van der Waals surface area (Å²) < 4.78 is 7.95. The fraction of sp³-hybridized carbons (Fsp3) is 0.350. The molecule has 0 aliphatic carbocycles. The van der Waals surface area contributed by atoms with Gasteiger partial charge in [-0.1, -0.05) is 48.2 Å². The van der Waals surface area contributed by atoms with Gasteiger partial charge < -0.3 is 4.74 Å². The van der Waals surface area contributed by atoms with Crippen molar-refractivity contribution >= 4 is 34.1 Å². The second kappa shape index (κ2) is 10.4. The number of hydrogen-bond acceptors (Lipinski definition) is 8. The average Bonchev–Trinajstić information content (AvgIpc) is 3.33. The number of carbonyl (C=O) groups excluding carboxylic acids is 1. The molecule has 1 amide bonds. The van der Waals surface area contributed by atoms with Gasteiger partial charge in [0.15, 0.2) is 17.1 Å². The summed E-state index contributed by atoms with van der Waals surface area (Å²) in [6, 6.07) is 7.85. The van der Waals surface area contributed by atoms with E-state index in [0.717, 1.165) is 22.7 Å². The summed E-state index contributed by atoms with van der Waals surface area (Å²) in [4.78, 5) is 12.3. The Labute approximate surface area is 183 Å². The molecule has 1 atom stereocenters. The second-order valence-electron chi connectivity index (χ2n) is 6.51. The molecule has 8 nitrogen and oxygen atoms in total. The van der Waals surface area contributed by atoms with E-state index in [2.05, 4.69) is 32.3 Å². The van der Waals surface area contributed by atoms with Crippen molar-refractivity contribution in [3.63, 3.8) is 0 Å². The lowest BCUT2D eigenvalue weighted by Gasteiger charge is -2.16. The molecule has 158 valence electrons. The van der Waals surface area contributed by atoms with Crippen LogP contribution in [0.1, 0.15) is 36.3 Å². The third-order valence-electron chi connectivity index (χ3n) is 4.07. The smallest absolute Gasteiger partial charge is 0.236 e. The average molecular weight is 445 g/mol. The zero-order valence-corrected chi connectivity index (χ0v) is 18.8. The lowest BCUT2D eigenvalue weighted by atomic mass is 10.2. The summed E-state index contributed by atoms with van der Waals surface area (Å²) in [5.41, 5.74) is 1.12. The Kier molecular flexibility index (Phi) is 7.58. The molecule has 0 fully saturated rings. The molecular weight excluding hydrogens is 420 g/mol. The molecule has 2 aromatic heterocycles. The topological polar surface area (TPSA) is 94.8 Å². The van der Waals surface area contributed by atoms with Crippen molar-refractivity contribution < 1.29 is 9.53 Å². The fourth-order valence-corrected chi connectivity index (χ4v) is 4.14. The predicted molar refractivity (Wildman–Crippen MR) is 119 cm³/mol. The van der Waals surface area contributed by atoms with Gasteiger partial charge in [0.1, 0.15) is 10.8 Å². The number of hydrogen-bond donors (Lipinski definition) is 1. The van der Waals surface area contributed by atoms with Crippen LogP contribution in [0.2, 0.25) is 0 Å². The van der Waals surface area contributed by atoms with E-state index >= 15 is 0 Å². The summed E-state index contributed by atoms with van der Waals surface area (Å²) >= 11 is 2.68. The largest absolute Gasteiger partial charge is 0.483 e. The molecule has 2 heterocycles. The van der Waals surface area contributed by atoms with E-state index in [4.69, 9.17) is 4.74 Å². The molecule has 0 aliphatic rings. The highest BCUT2D eigenvalue weighted by molar-refractivity contribution is 7.99. The molecule has 0 bridgehead atoms. The maximum Gasteiger partial charge on any atom is 0.236 e. The van der Waals surface area contributed by atoms with E-state index in [9.17, 15) is 4.79 Å². The highest BCUT2D eigenvalue weighted by Crippen LogP contribution is 2.25. The van der Waals surface area contributed by atoms with Crippen molar-refractivity contribution in [3.05, 3.63) is 53.3 Å². The van der Waals surface area contributed by atoms with Crippen LogP contribution in [0.4, 0.5) is 5.13 Å². The summed E-state index contributed by atoms with van der Waals surface area (Å²) in [7, 11) is 0. The minimum atomic E-state index is -0.309. The molecule has 3 rings (SSSR count). The van der Waals surface area contributed by atoms with Crippen molar-refractivity contribution in [1.29, 1.82) is 0 Å². The summed E-state index contributed by atoms with van der Waals surface area (Å²) in [6.45, 7) is 10.3. The van der Waals surface area contributed by atoms with E-state index in [1.807, 2.05) is 49.6 Å². The summed E-state index contributed by atoms with van der Waals surface area (Å²) in [5.74, 6) is 1.46. The Morgan fingerprint density at radius 2 is 2.20 bits per heavy atom. The van der Waals surface area contributed by atoms with Gasteiger partial charge in [-0.15, -0.1) is 27.0 Å². The van der Waals surface area contributed by atoms with E-state index in [1.165, 1.54) is 23.1 Å². The molecule has 1 N–H and O–H groups in total. The van der Waals surface area contributed by atoms with Crippen molar-refractivity contribution in [1.82, 2.24) is 25.0 Å². The maximum atomic E-state index is 12.3. The molecule has 1 aromatic carbocycles. The molecule has 10 heteroatoms. The van der Waals surface area contributed by atoms with Gasteiger partial charge in [-0.25, -0.2) is 0 Å². The van der Waals surface area contributed by atoms with Crippen molar-refractivity contribution in [2.45, 2.75) is 45.0 Å². The molecule has 0 aliphatic heterocycles. The zero-order valence-electron chi connectivity index (χ0n) is 17.2. The van der Waals surface area contributed by atoms with Crippen LogP contribution in [0.5, 0.6) is 5.75 Å². The molecular formula is C20H24N6O2S2. The van der Waals surface area contributed by atoms with Crippen molar-refractivity contribution in [2.24, 2.45) is 0 Å². The zero-order chi connectivity index (χ0) is 21.5. The highest BCUT2D eigenvalue weighted by Gasteiger charge is 2.20. The number of allylic oxidation sites excluding steroid dienone is 1. The van der Waals surface area contributed by atoms with Gasteiger partial charge >= 0.3 is 0 Å². The first kappa shape index (κ1) is 22.0. The van der Waals surface area contributed by atoms with Crippen LogP contribution < -0.4 is 10.1 Å². The van der Waals surface area contributed by atoms with Gasteiger partial charge in [0.25, 0.3) is 0 Å². The van der Waals surface area contributed by atoms with Crippen molar-refractivity contribution in [3.8, 4) is 5.75 Å². The molecule has 1 unspecified atom stereocenters. The lowest BCUT2D eigenvalue weighted by molar-refractivity contribution is -0.113. The number of amides is 1. The third-order valence-corrected chi connectivity index (χ3v) is 6.02. The maximum absolute atomic E-state index is 12.3. The van der Waals surface area contributed by atoms with Gasteiger partial charge in [-0.05, 0) is 38.0 Å². The Morgan fingerprint density at radius 3 is 2.90 bits per heavy atom.